The third kappa shape index (κ3) is 3.56. The van der Waals surface area contributed by atoms with E-state index in [-0.39, 0.29) is 5.91 Å². The minimum absolute atomic E-state index is 0.291. The van der Waals surface area contributed by atoms with E-state index in [9.17, 15) is 9.59 Å². The van der Waals surface area contributed by atoms with Gasteiger partial charge < -0.3 is 10.0 Å². The molecule has 1 N–H and O–H groups in total. The summed E-state index contributed by atoms with van der Waals surface area (Å²) in [5.74, 6) is -1.41. The first-order valence-corrected chi connectivity index (χ1v) is 8.59. The molecule has 0 aliphatic carbocycles. The molecule has 1 aromatic rings. The van der Waals surface area contributed by atoms with Crippen LogP contribution in [-0.4, -0.2) is 45.8 Å². The number of rotatable bonds is 4. The standard InChI is InChI=1S/C16H16N2O3S2/c19-14(20)10-18-15(21)13(23-16(18)22)9-11-4-3-5-12(8-11)17-6-1-2-7-17/h3-5,8-9H,1-2,6-7,10H2,(H,19,20)/b13-9+. The van der Waals surface area contributed by atoms with Crippen LogP contribution in [0.1, 0.15) is 18.4 Å². The number of thiocarbonyl (C=S) groups is 1. The summed E-state index contributed by atoms with van der Waals surface area (Å²) < 4.78 is 0.291. The zero-order chi connectivity index (χ0) is 16.4. The number of nitrogens with zero attached hydrogens (tertiary/aromatic N) is 2. The molecular weight excluding hydrogens is 332 g/mol. The number of carboxylic acids is 1. The summed E-state index contributed by atoms with van der Waals surface area (Å²) in [6.45, 7) is 1.73. The van der Waals surface area contributed by atoms with Gasteiger partial charge in [-0.05, 0) is 36.6 Å². The highest BCUT2D eigenvalue weighted by Crippen LogP contribution is 2.33. The van der Waals surface area contributed by atoms with Gasteiger partial charge in [0.1, 0.15) is 10.9 Å². The number of carboxylic acid groups (broad SMARTS) is 1. The van der Waals surface area contributed by atoms with Gasteiger partial charge in [-0.2, -0.15) is 0 Å². The van der Waals surface area contributed by atoms with E-state index in [4.69, 9.17) is 17.3 Å². The molecule has 0 atom stereocenters. The Balaban J connectivity index is 1.81. The minimum Gasteiger partial charge on any atom is -0.480 e. The van der Waals surface area contributed by atoms with Crippen LogP contribution in [0.5, 0.6) is 0 Å². The van der Waals surface area contributed by atoms with E-state index in [0.717, 1.165) is 41.0 Å². The smallest absolute Gasteiger partial charge is 0.323 e. The third-order valence-corrected chi connectivity index (χ3v) is 5.18. The van der Waals surface area contributed by atoms with Crippen LogP contribution in [0.3, 0.4) is 0 Å². The van der Waals surface area contributed by atoms with Gasteiger partial charge in [0, 0.05) is 18.8 Å². The number of hydrogen-bond acceptors (Lipinski definition) is 5. The lowest BCUT2D eigenvalue weighted by Crippen LogP contribution is -2.33. The van der Waals surface area contributed by atoms with Crippen molar-refractivity contribution in [3.8, 4) is 0 Å². The van der Waals surface area contributed by atoms with Crippen LogP contribution in [0, 0.1) is 0 Å². The Hall–Kier alpha value is -1.86. The maximum absolute atomic E-state index is 12.3. The van der Waals surface area contributed by atoms with Gasteiger partial charge in [-0.25, -0.2) is 0 Å². The zero-order valence-electron chi connectivity index (χ0n) is 12.4. The maximum Gasteiger partial charge on any atom is 0.323 e. The molecule has 2 aliphatic heterocycles. The second kappa shape index (κ2) is 6.72. The van der Waals surface area contributed by atoms with Crippen molar-refractivity contribution in [2.24, 2.45) is 0 Å². The second-order valence-corrected chi connectivity index (χ2v) is 7.13. The van der Waals surface area contributed by atoms with Crippen LogP contribution in [0.25, 0.3) is 6.08 Å². The summed E-state index contributed by atoms with van der Waals surface area (Å²) >= 11 is 6.25. The Labute approximate surface area is 143 Å². The fourth-order valence-corrected chi connectivity index (χ4v) is 3.96. The number of thioether (sulfide) groups is 1. The van der Waals surface area contributed by atoms with E-state index in [2.05, 4.69) is 17.0 Å². The second-order valence-electron chi connectivity index (χ2n) is 5.45. The van der Waals surface area contributed by atoms with E-state index in [1.807, 2.05) is 12.1 Å². The molecule has 0 unspecified atom stereocenters. The molecule has 23 heavy (non-hydrogen) atoms. The molecule has 2 fully saturated rings. The number of anilines is 1. The van der Waals surface area contributed by atoms with E-state index in [1.54, 1.807) is 6.08 Å². The molecule has 120 valence electrons. The SMILES string of the molecule is O=C(O)CN1C(=O)/C(=C\c2cccc(N3CCCC3)c2)SC1=S. The molecule has 0 saturated carbocycles. The third-order valence-electron chi connectivity index (χ3n) is 3.81. The first kappa shape index (κ1) is 16.0. The zero-order valence-corrected chi connectivity index (χ0v) is 14.0. The minimum atomic E-state index is -1.07. The average molecular weight is 348 g/mol. The lowest BCUT2D eigenvalue weighted by atomic mass is 10.1. The van der Waals surface area contributed by atoms with E-state index in [0.29, 0.717) is 9.23 Å². The fraction of sp³-hybridized carbons (Fsp3) is 0.312. The summed E-state index contributed by atoms with van der Waals surface area (Å²) in [6.07, 6.45) is 4.19. The first-order chi connectivity index (χ1) is 11.0. The monoisotopic (exact) mass is 348 g/mol. The van der Waals surface area contributed by atoms with Crippen molar-refractivity contribution in [3.63, 3.8) is 0 Å². The van der Waals surface area contributed by atoms with E-state index < -0.39 is 12.5 Å². The Morgan fingerprint density at radius 3 is 2.78 bits per heavy atom. The average Bonchev–Trinajstić information content (AvgIpc) is 3.13. The van der Waals surface area contributed by atoms with E-state index in [1.165, 1.54) is 12.8 Å². The van der Waals surface area contributed by atoms with Crippen molar-refractivity contribution in [1.29, 1.82) is 0 Å². The summed E-state index contributed by atoms with van der Waals surface area (Å²) in [7, 11) is 0. The highest BCUT2D eigenvalue weighted by atomic mass is 32.2. The molecule has 0 bridgehead atoms. The van der Waals surface area contributed by atoms with Crippen LogP contribution in [-0.2, 0) is 9.59 Å². The Kier molecular flexibility index (Phi) is 4.68. The van der Waals surface area contributed by atoms with Gasteiger partial charge in [0.2, 0.25) is 0 Å². The maximum atomic E-state index is 12.3. The van der Waals surface area contributed by atoms with Gasteiger partial charge in [0.15, 0.2) is 0 Å². The topological polar surface area (TPSA) is 60.9 Å². The lowest BCUT2D eigenvalue weighted by molar-refractivity contribution is -0.140. The molecule has 2 saturated heterocycles. The number of hydrogen-bond donors (Lipinski definition) is 1. The molecule has 0 aromatic heterocycles. The summed E-state index contributed by atoms with van der Waals surface area (Å²) in [5, 5.41) is 8.86. The molecule has 5 nitrogen and oxygen atoms in total. The van der Waals surface area contributed by atoms with Crippen molar-refractivity contribution in [2.75, 3.05) is 24.5 Å². The van der Waals surface area contributed by atoms with Crippen LogP contribution < -0.4 is 4.90 Å². The van der Waals surface area contributed by atoms with Gasteiger partial charge in [0.05, 0.1) is 4.91 Å². The van der Waals surface area contributed by atoms with Crippen LogP contribution in [0.15, 0.2) is 29.2 Å². The molecule has 0 spiro atoms. The predicted molar refractivity (Wildman–Crippen MR) is 95.4 cm³/mol. The normalized spacial score (nSPS) is 19.9. The van der Waals surface area contributed by atoms with Crippen molar-refractivity contribution >= 4 is 51.9 Å². The number of carbonyl (C=O) groups excluding carboxylic acids is 1. The first-order valence-electron chi connectivity index (χ1n) is 7.37. The number of amides is 1. The summed E-state index contributed by atoms with van der Waals surface area (Å²) in [4.78, 5) is 27.0. The molecule has 3 rings (SSSR count). The molecule has 2 aliphatic rings. The van der Waals surface area contributed by atoms with Crippen molar-refractivity contribution in [3.05, 3.63) is 34.7 Å². The predicted octanol–water partition coefficient (Wildman–Crippen LogP) is 2.57. The number of carbonyl (C=O) groups is 2. The Bertz CT molecular complexity index is 696. The van der Waals surface area contributed by atoms with Gasteiger partial charge in [-0.3, -0.25) is 14.5 Å². The molecule has 0 radical (unpaired) electrons. The van der Waals surface area contributed by atoms with Gasteiger partial charge in [-0.15, -0.1) is 0 Å². The summed E-state index contributed by atoms with van der Waals surface area (Å²) in [6, 6.07) is 8.02. The lowest BCUT2D eigenvalue weighted by Gasteiger charge is -2.17. The number of aliphatic carboxylic acids is 1. The highest BCUT2D eigenvalue weighted by Gasteiger charge is 2.33. The van der Waals surface area contributed by atoms with Crippen molar-refractivity contribution < 1.29 is 14.7 Å². The van der Waals surface area contributed by atoms with Crippen LogP contribution >= 0.6 is 24.0 Å². The van der Waals surface area contributed by atoms with Crippen LogP contribution in [0.2, 0.25) is 0 Å². The fourth-order valence-electron chi connectivity index (χ4n) is 2.71. The largest absolute Gasteiger partial charge is 0.480 e. The molecular formula is C16H16N2O3S2. The highest BCUT2D eigenvalue weighted by molar-refractivity contribution is 8.26. The molecule has 2 heterocycles. The van der Waals surface area contributed by atoms with Gasteiger partial charge >= 0.3 is 5.97 Å². The van der Waals surface area contributed by atoms with Gasteiger partial charge in [0.25, 0.3) is 5.91 Å². The summed E-state index contributed by atoms with van der Waals surface area (Å²) in [5.41, 5.74) is 2.07. The molecule has 7 heteroatoms. The quantitative estimate of drug-likeness (QED) is 0.667. The molecule has 1 aromatic carbocycles. The van der Waals surface area contributed by atoms with Gasteiger partial charge in [-0.1, -0.05) is 36.1 Å². The van der Waals surface area contributed by atoms with E-state index >= 15 is 0 Å². The molecule has 1 amide bonds. The van der Waals surface area contributed by atoms with Crippen molar-refractivity contribution in [1.82, 2.24) is 4.90 Å². The number of benzene rings is 1. The van der Waals surface area contributed by atoms with Crippen LogP contribution in [0.4, 0.5) is 5.69 Å². The van der Waals surface area contributed by atoms with Crippen molar-refractivity contribution in [2.45, 2.75) is 12.8 Å². The Morgan fingerprint density at radius 2 is 2.09 bits per heavy atom. The Morgan fingerprint density at radius 1 is 1.35 bits per heavy atom.